The quantitative estimate of drug-likeness (QED) is 0.699. The van der Waals surface area contributed by atoms with E-state index in [2.05, 4.69) is 46.8 Å². The average Bonchev–Trinajstić information content (AvgIpc) is 2.67. The Hall–Kier alpha value is -1.30. The van der Waals surface area contributed by atoms with Crippen molar-refractivity contribution in [3.05, 3.63) is 35.2 Å². The molecule has 0 atom stereocenters. The van der Waals surface area contributed by atoms with Crippen LogP contribution in [-0.4, -0.2) is 13.6 Å². The van der Waals surface area contributed by atoms with E-state index in [-0.39, 0.29) is 0 Å². The molecule has 2 heteroatoms. The number of rotatable bonds is 1. The normalized spacial score (nSPS) is 9.79. The molecule has 2 rings (SSSR count). The molecule has 0 aliphatic heterocycles. The summed E-state index contributed by atoms with van der Waals surface area (Å²) >= 11 is 1.76. The summed E-state index contributed by atoms with van der Waals surface area (Å²) in [5.41, 5.74) is 1.12. The van der Waals surface area contributed by atoms with E-state index in [4.69, 9.17) is 0 Å². The van der Waals surface area contributed by atoms with Crippen molar-refractivity contribution in [2.75, 3.05) is 13.6 Å². The lowest BCUT2D eigenvalue weighted by Gasteiger charge is -1.92. The maximum absolute atomic E-state index is 3.17. The molecule has 2 aromatic rings. The highest BCUT2D eigenvalue weighted by Crippen LogP contribution is 2.23. The van der Waals surface area contributed by atoms with Crippen molar-refractivity contribution in [3.8, 4) is 11.8 Å². The molecule has 0 amide bonds. The number of fused-ring (bicyclic) bond motifs is 1. The van der Waals surface area contributed by atoms with Crippen LogP contribution in [0.1, 0.15) is 5.56 Å². The van der Waals surface area contributed by atoms with Gasteiger partial charge in [-0.25, -0.2) is 0 Å². The first kappa shape index (κ1) is 9.26. The third-order valence-electron chi connectivity index (χ3n) is 1.98. The van der Waals surface area contributed by atoms with Crippen molar-refractivity contribution in [3.63, 3.8) is 0 Å². The van der Waals surface area contributed by atoms with Gasteiger partial charge in [-0.2, -0.15) is 0 Å². The second kappa shape index (κ2) is 4.28. The molecular formula is C12H11NS. The fourth-order valence-electron chi connectivity index (χ4n) is 1.33. The topological polar surface area (TPSA) is 12.0 Å². The van der Waals surface area contributed by atoms with Gasteiger partial charge in [-0.05, 0) is 30.6 Å². The zero-order valence-corrected chi connectivity index (χ0v) is 8.82. The van der Waals surface area contributed by atoms with Gasteiger partial charge in [0.05, 0.1) is 6.54 Å². The summed E-state index contributed by atoms with van der Waals surface area (Å²) in [6.07, 6.45) is 0. The Kier molecular flexibility index (Phi) is 2.83. The molecule has 0 aliphatic rings. The standard InChI is InChI=1S/C12H11NS/c1-13-8-3-5-10-4-2-6-12-11(10)7-9-14-12/h2,4,6-7,9,13H,8H2,1H3. The first-order chi connectivity index (χ1) is 6.92. The maximum atomic E-state index is 3.17. The zero-order chi connectivity index (χ0) is 9.80. The summed E-state index contributed by atoms with van der Waals surface area (Å²) in [6.45, 7) is 0.737. The van der Waals surface area contributed by atoms with Crippen LogP contribution in [-0.2, 0) is 0 Å². The minimum Gasteiger partial charge on any atom is -0.309 e. The zero-order valence-electron chi connectivity index (χ0n) is 8.00. The molecule has 0 saturated carbocycles. The van der Waals surface area contributed by atoms with Gasteiger partial charge in [0.1, 0.15) is 0 Å². The largest absolute Gasteiger partial charge is 0.309 e. The molecule has 1 heterocycles. The summed E-state index contributed by atoms with van der Waals surface area (Å²) < 4.78 is 1.31. The first-order valence-corrected chi connectivity index (χ1v) is 5.39. The Morgan fingerprint density at radius 3 is 3.14 bits per heavy atom. The van der Waals surface area contributed by atoms with Crippen LogP contribution in [0.5, 0.6) is 0 Å². The number of hydrogen-bond acceptors (Lipinski definition) is 2. The Balaban J connectivity index is 2.43. The van der Waals surface area contributed by atoms with E-state index in [1.807, 2.05) is 7.05 Å². The van der Waals surface area contributed by atoms with Crippen LogP contribution in [0.2, 0.25) is 0 Å². The van der Waals surface area contributed by atoms with Crippen LogP contribution in [0.15, 0.2) is 29.6 Å². The number of nitrogens with one attached hydrogen (secondary N) is 1. The van der Waals surface area contributed by atoms with Crippen molar-refractivity contribution in [1.82, 2.24) is 5.32 Å². The van der Waals surface area contributed by atoms with Crippen molar-refractivity contribution in [2.45, 2.75) is 0 Å². The fourth-order valence-corrected chi connectivity index (χ4v) is 2.14. The van der Waals surface area contributed by atoms with Crippen LogP contribution in [0.4, 0.5) is 0 Å². The van der Waals surface area contributed by atoms with Gasteiger partial charge in [-0.3, -0.25) is 0 Å². The van der Waals surface area contributed by atoms with Crippen molar-refractivity contribution < 1.29 is 0 Å². The van der Waals surface area contributed by atoms with Crippen LogP contribution >= 0.6 is 11.3 Å². The average molecular weight is 201 g/mol. The molecule has 14 heavy (non-hydrogen) atoms. The SMILES string of the molecule is CNCC#Cc1cccc2sccc12. The van der Waals surface area contributed by atoms with Gasteiger partial charge in [0.25, 0.3) is 0 Å². The van der Waals surface area contributed by atoms with Gasteiger partial charge >= 0.3 is 0 Å². The minimum absolute atomic E-state index is 0.737. The third-order valence-corrected chi connectivity index (χ3v) is 2.87. The van der Waals surface area contributed by atoms with Crippen LogP contribution in [0.25, 0.3) is 10.1 Å². The molecular weight excluding hydrogens is 190 g/mol. The molecule has 0 unspecified atom stereocenters. The molecule has 0 bridgehead atoms. The molecule has 1 nitrogen and oxygen atoms in total. The Morgan fingerprint density at radius 1 is 1.36 bits per heavy atom. The van der Waals surface area contributed by atoms with E-state index in [0.29, 0.717) is 0 Å². The second-order valence-corrected chi connectivity index (χ2v) is 3.92. The highest BCUT2D eigenvalue weighted by atomic mass is 32.1. The van der Waals surface area contributed by atoms with Gasteiger partial charge in [-0.15, -0.1) is 11.3 Å². The smallest absolute Gasteiger partial charge is 0.0577 e. The monoisotopic (exact) mass is 201 g/mol. The Bertz CT molecular complexity index is 487. The second-order valence-electron chi connectivity index (χ2n) is 2.97. The Morgan fingerprint density at radius 2 is 2.29 bits per heavy atom. The van der Waals surface area contributed by atoms with Gasteiger partial charge in [0.15, 0.2) is 0 Å². The van der Waals surface area contributed by atoms with Gasteiger partial charge in [-0.1, -0.05) is 17.9 Å². The number of benzene rings is 1. The van der Waals surface area contributed by atoms with Gasteiger partial charge in [0.2, 0.25) is 0 Å². The van der Waals surface area contributed by atoms with Crippen molar-refractivity contribution in [2.24, 2.45) is 0 Å². The van der Waals surface area contributed by atoms with E-state index < -0.39 is 0 Å². The predicted octanol–water partition coefficient (Wildman–Crippen LogP) is 2.47. The molecule has 0 fully saturated rings. The summed E-state index contributed by atoms with van der Waals surface area (Å²) in [6, 6.07) is 8.38. The highest BCUT2D eigenvalue weighted by Gasteiger charge is 1.97. The third kappa shape index (κ3) is 1.79. The minimum atomic E-state index is 0.737. The number of hydrogen-bond donors (Lipinski definition) is 1. The summed E-state index contributed by atoms with van der Waals surface area (Å²) in [5.74, 6) is 6.25. The lowest BCUT2D eigenvalue weighted by molar-refractivity contribution is 0.938. The van der Waals surface area contributed by atoms with Crippen LogP contribution in [0.3, 0.4) is 0 Å². The predicted molar refractivity (Wildman–Crippen MR) is 62.6 cm³/mol. The first-order valence-electron chi connectivity index (χ1n) is 4.51. The van der Waals surface area contributed by atoms with E-state index in [0.717, 1.165) is 12.1 Å². The molecule has 0 saturated heterocycles. The molecule has 0 radical (unpaired) electrons. The number of thiophene rings is 1. The molecule has 1 aromatic carbocycles. The molecule has 1 N–H and O–H groups in total. The Labute approximate surface area is 87.8 Å². The van der Waals surface area contributed by atoms with Crippen molar-refractivity contribution in [1.29, 1.82) is 0 Å². The maximum Gasteiger partial charge on any atom is 0.0577 e. The van der Waals surface area contributed by atoms with Crippen molar-refractivity contribution >= 4 is 21.4 Å². The van der Waals surface area contributed by atoms with E-state index in [9.17, 15) is 0 Å². The summed E-state index contributed by atoms with van der Waals surface area (Å²) in [4.78, 5) is 0. The van der Waals surface area contributed by atoms with E-state index in [1.54, 1.807) is 11.3 Å². The van der Waals surface area contributed by atoms with E-state index in [1.165, 1.54) is 10.1 Å². The highest BCUT2D eigenvalue weighted by molar-refractivity contribution is 7.17. The molecule has 1 aromatic heterocycles. The fraction of sp³-hybridized carbons (Fsp3) is 0.167. The lowest BCUT2D eigenvalue weighted by atomic mass is 10.1. The van der Waals surface area contributed by atoms with E-state index >= 15 is 0 Å². The van der Waals surface area contributed by atoms with Gasteiger partial charge in [0, 0.05) is 15.6 Å². The van der Waals surface area contributed by atoms with Crippen LogP contribution in [0, 0.1) is 11.8 Å². The summed E-state index contributed by atoms with van der Waals surface area (Å²) in [7, 11) is 1.90. The lowest BCUT2D eigenvalue weighted by Crippen LogP contribution is -2.04. The molecule has 70 valence electrons. The van der Waals surface area contributed by atoms with Gasteiger partial charge < -0.3 is 5.32 Å². The molecule has 0 aliphatic carbocycles. The summed E-state index contributed by atoms with van der Waals surface area (Å²) in [5, 5.41) is 6.38. The van der Waals surface area contributed by atoms with Crippen LogP contribution < -0.4 is 5.32 Å². The molecule has 0 spiro atoms.